The number of halogens is 3. The number of nitrogens with zero attached hydrogens (tertiary/aromatic N) is 7. The number of rotatable bonds is 5. The smallest absolute Gasteiger partial charge is 0.416 e. The summed E-state index contributed by atoms with van der Waals surface area (Å²) >= 11 is 0. The van der Waals surface area contributed by atoms with Crippen molar-refractivity contribution in [3.05, 3.63) is 81.8 Å². The predicted molar refractivity (Wildman–Crippen MR) is 162 cm³/mol. The molecule has 4 aromatic rings. The van der Waals surface area contributed by atoms with E-state index in [0.29, 0.717) is 62.8 Å². The quantitative estimate of drug-likeness (QED) is 0.333. The van der Waals surface area contributed by atoms with Crippen LogP contribution in [0.15, 0.2) is 53.5 Å². The zero-order valence-corrected chi connectivity index (χ0v) is 24.9. The molecule has 0 radical (unpaired) electrons. The summed E-state index contributed by atoms with van der Waals surface area (Å²) in [5.41, 5.74) is 0.630. The summed E-state index contributed by atoms with van der Waals surface area (Å²) in [5.74, 6) is -0.591. The minimum atomic E-state index is -4.51. The van der Waals surface area contributed by atoms with E-state index in [9.17, 15) is 32.7 Å². The normalized spacial score (nSPS) is 18.3. The van der Waals surface area contributed by atoms with Crippen LogP contribution in [0.3, 0.4) is 0 Å². The fourth-order valence-corrected chi connectivity index (χ4v) is 6.27. The van der Waals surface area contributed by atoms with Gasteiger partial charge in [-0.25, -0.2) is 4.98 Å². The number of aromatic nitrogens is 5. The number of benzene rings is 1. The summed E-state index contributed by atoms with van der Waals surface area (Å²) in [7, 11) is 0. The van der Waals surface area contributed by atoms with Gasteiger partial charge < -0.3 is 25.0 Å². The monoisotopic (exact) mass is 650 g/mol. The molecular formula is C31H29F3N8O5. The van der Waals surface area contributed by atoms with E-state index in [1.54, 1.807) is 9.47 Å². The third-order valence-corrected chi connectivity index (χ3v) is 8.64. The van der Waals surface area contributed by atoms with Crippen molar-refractivity contribution in [1.29, 1.82) is 0 Å². The molecule has 1 fully saturated rings. The van der Waals surface area contributed by atoms with Crippen LogP contribution in [-0.4, -0.2) is 85.4 Å². The van der Waals surface area contributed by atoms with Crippen molar-refractivity contribution in [2.45, 2.75) is 31.5 Å². The van der Waals surface area contributed by atoms with Crippen LogP contribution in [-0.2, 0) is 22.1 Å². The van der Waals surface area contributed by atoms with Gasteiger partial charge in [-0.15, -0.1) is 5.10 Å². The Bertz CT molecular complexity index is 1960. The second-order valence-corrected chi connectivity index (χ2v) is 11.4. The Morgan fingerprint density at radius 1 is 1.04 bits per heavy atom. The number of fused-ring (bicyclic) bond motifs is 3. The summed E-state index contributed by atoms with van der Waals surface area (Å²) in [4.78, 5) is 52.9. The molecule has 0 saturated carbocycles. The first-order chi connectivity index (χ1) is 22.6. The van der Waals surface area contributed by atoms with Crippen LogP contribution in [0, 0.1) is 0 Å². The van der Waals surface area contributed by atoms with Gasteiger partial charge in [0.05, 0.1) is 24.5 Å². The van der Waals surface area contributed by atoms with Crippen LogP contribution in [0.1, 0.15) is 46.5 Å². The molecule has 3 aliphatic rings. The maximum Gasteiger partial charge on any atom is 0.416 e. The molecule has 47 heavy (non-hydrogen) atoms. The van der Waals surface area contributed by atoms with Crippen molar-refractivity contribution in [2.75, 3.05) is 49.6 Å². The molecule has 0 spiro atoms. The summed E-state index contributed by atoms with van der Waals surface area (Å²) in [6, 6.07) is 6.28. The first kappa shape index (κ1) is 30.4. The van der Waals surface area contributed by atoms with Crippen LogP contribution in [0.2, 0.25) is 0 Å². The van der Waals surface area contributed by atoms with Gasteiger partial charge in [0, 0.05) is 38.1 Å². The number of aromatic hydroxyl groups is 1. The van der Waals surface area contributed by atoms with E-state index in [1.165, 1.54) is 35.0 Å². The number of carbonyl (C=O) groups excluding carboxylic acids is 2. The largest absolute Gasteiger partial charge is 0.505 e. The van der Waals surface area contributed by atoms with Crippen molar-refractivity contribution in [3.8, 4) is 5.75 Å². The number of ether oxygens (including phenoxy) is 1. The molecule has 2 amide bonds. The van der Waals surface area contributed by atoms with Crippen LogP contribution in [0.25, 0.3) is 11.4 Å². The van der Waals surface area contributed by atoms with Crippen molar-refractivity contribution >= 4 is 34.5 Å². The molecule has 0 bridgehead atoms. The van der Waals surface area contributed by atoms with Crippen LogP contribution < -0.4 is 15.8 Å². The van der Waals surface area contributed by atoms with E-state index >= 15 is 0 Å². The Morgan fingerprint density at radius 3 is 2.49 bits per heavy atom. The van der Waals surface area contributed by atoms with Gasteiger partial charge in [0.15, 0.2) is 11.5 Å². The van der Waals surface area contributed by atoms with Gasteiger partial charge in [0.2, 0.25) is 11.7 Å². The molecule has 3 aromatic heterocycles. The Balaban J connectivity index is 1.23. The predicted octanol–water partition coefficient (Wildman–Crippen LogP) is 2.90. The Kier molecular flexibility index (Phi) is 7.66. The van der Waals surface area contributed by atoms with Crippen molar-refractivity contribution in [1.82, 2.24) is 29.0 Å². The molecule has 7 rings (SSSR count). The highest BCUT2D eigenvalue weighted by Gasteiger charge is 2.37. The number of nitrogens with one attached hydrogen (secondary N) is 1. The molecule has 13 nitrogen and oxygen atoms in total. The van der Waals surface area contributed by atoms with Gasteiger partial charge in [-0.3, -0.25) is 19.0 Å². The summed E-state index contributed by atoms with van der Waals surface area (Å²) < 4.78 is 47.5. The zero-order valence-electron chi connectivity index (χ0n) is 24.9. The third-order valence-electron chi connectivity index (χ3n) is 8.64. The fraction of sp³-hybridized carbons (Fsp3) is 0.355. The average molecular weight is 651 g/mol. The fourth-order valence-electron chi connectivity index (χ4n) is 6.27. The number of hydrogen-bond acceptors (Lipinski definition) is 9. The van der Waals surface area contributed by atoms with Crippen molar-refractivity contribution in [3.63, 3.8) is 0 Å². The lowest BCUT2D eigenvalue weighted by molar-refractivity contribution is -0.137. The lowest BCUT2D eigenvalue weighted by Crippen LogP contribution is -2.50. The second kappa shape index (κ2) is 11.8. The molecule has 2 N–H and O–H groups in total. The molecule has 244 valence electrons. The second-order valence-electron chi connectivity index (χ2n) is 11.4. The SMILES string of the molecule is O=C(Nc1ccc(C(F)(F)F)cc1)[C@@H]1CCc2c(N3CCN(C(=O)c4ncccc4O)CC3)c(=O)n3nc(C4=CCOCC4)nc3n21. The highest BCUT2D eigenvalue weighted by atomic mass is 19.4. The Hall–Kier alpha value is -5.25. The number of alkyl halides is 3. The molecule has 16 heteroatoms. The lowest BCUT2D eigenvalue weighted by atomic mass is 10.1. The molecule has 0 unspecified atom stereocenters. The summed E-state index contributed by atoms with van der Waals surface area (Å²) in [6.07, 6.45) is -0.0232. The zero-order chi connectivity index (χ0) is 32.9. The first-order valence-corrected chi connectivity index (χ1v) is 15.1. The van der Waals surface area contributed by atoms with Gasteiger partial charge in [0.1, 0.15) is 17.5 Å². The summed E-state index contributed by atoms with van der Waals surface area (Å²) in [5, 5.41) is 17.4. The number of amides is 2. The highest BCUT2D eigenvalue weighted by molar-refractivity contribution is 5.95. The molecule has 1 atom stereocenters. The first-order valence-electron chi connectivity index (χ1n) is 15.1. The minimum Gasteiger partial charge on any atom is -0.505 e. The molecule has 1 aromatic carbocycles. The Labute approximate surface area is 264 Å². The lowest BCUT2D eigenvalue weighted by Gasteiger charge is -2.36. The van der Waals surface area contributed by atoms with E-state index in [2.05, 4.69) is 15.4 Å². The van der Waals surface area contributed by atoms with E-state index in [1.807, 2.05) is 11.0 Å². The van der Waals surface area contributed by atoms with Gasteiger partial charge in [-0.2, -0.15) is 22.7 Å². The maximum atomic E-state index is 14.1. The molecule has 6 heterocycles. The van der Waals surface area contributed by atoms with E-state index < -0.39 is 35.2 Å². The number of anilines is 2. The van der Waals surface area contributed by atoms with Crippen LogP contribution >= 0.6 is 0 Å². The number of pyridine rings is 1. The van der Waals surface area contributed by atoms with Gasteiger partial charge in [-0.05, 0) is 61.2 Å². The molecule has 1 saturated heterocycles. The van der Waals surface area contributed by atoms with E-state index in [0.717, 1.165) is 17.7 Å². The molecular weight excluding hydrogens is 621 g/mol. The van der Waals surface area contributed by atoms with Gasteiger partial charge >= 0.3 is 6.18 Å². The number of piperazine rings is 1. The third kappa shape index (κ3) is 5.58. The standard InChI is InChI=1S/C31H29F3N8O5/c32-31(33,34)19-3-5-20(6-4-19)36-27(44)22-8-7-21-25(39-12-14-40(15-13-39)28(45)24-23(43)2-1-11-35-24)29(46)42-30(41(21)22)37-26(38-42)18-9-16-47-17-10-18/h1-6,9,11,22,43H,7-8,10,12-17H2,(H,36,44)/t22-/m0/s1. The van der Waals surface area contributed by atoms with Gasteiger partial charge in [-0.1, -0.05) is 6.08 Å². The maximum absolute atomic E-state index is 14.1. The van der Waals surface area contributed by atoms with Crippen LogP contribution in [0.4, 0.5) is 24.5 Å². The van der Waals surface area contributed by atoms with Crippen molar-refractivity contribution < 1.29 is 32.6 Å². The highest BCUT2D eigenvalue weighted by Crippen LogP contribution is 2.35. The van der Waals surface area contributed by atoms with E-state index in [-0.39, 0.29) is 36.0 Å². The molecule has 0 aliphatic carbocycles. The van der Waals surface area contributed by atoms with Gasteiger partial charge in [0.25, 0.3) is 11.5 Å². The Morgan fingerprint density at radius 2 is 1.81 bits per heavy atom. The van der Waals surface area contributed by atoms with E-state index in [4.69, 9.17) is 9.72 Å². The molecule has 3 aliphatic heterocycles. The van der Waals surface area contributed by atoms with Crippen molar-refractivity contribution in [2.24, 2.45) is 0 Å². The topological polar surface area (TPSA) is 147 Å². The average Bonchev–Trinajstić information content (AvgIpc) is 3.71. The van der Waals surface area contributed by atoms with Crippen LogP contribution in [0.5, 0.6) is 5.75 Å². The number of hydrogen-bond donors (Lipinski definition) is 2. The summed E-state index contributed by atoms with van der Waals surface area (Å²) in [6.45, 7) is 1.93. The number of carbonyl (C=O) groups is 2. The minimum absolute atomic E-state index is 0.0530.